The number of carbonyl (C=O) groups is 1. The molecule has 3 aromatic rings. The number of aromatic nitrogens is 1. The average molecular weight is 409 g/mol. The van der Waals surface area contributed by atoms with E-state index in [1.807, 2.05) is 41.5 Å². The molecule has 0 N–H and O–H groups in total. The number of hydrogen-bond acceptors (Lipinski definition) is 5. The molecule has 1 amide bonds. The fourth-order valence-electron chi connectivity index (χ4n) is 3.29. The number of thiazole rings is 1. The summed E-state index contributed by atoms with van der Waals surface area (Å²) in [5.74, 6) is 1.54. The van der Waals surface area contributed by atoms with Gasteiger partial charge in [-0.15, -0.1) is 11.3 Å². The van der Waals surface area contributed by atoms with Gasteiger partial charge in [-0.05, 0) is 26.0 Å². The van der Waals surface area contributed by atoms with E-state index in [4.69, 9.17) is 9.47 Å². The maximum atomic E-state index is 12.8. The number of rotatable bonds is 6. The summed E-state index contributed by atoms with van der Waals surface area (Å²) in [6.07, 6.45) is 0.118. The van der Waals surface area contributed by atoms with E-state index in [0.29, 0.717) is 26.1 Å². The fourth-order valence-corrected chi connectivity index (χ4v) is 4.12. The minimum absolute atomic E-state index is 0.0516. The molecule has 2 heterocycles. The highest BCUT2D eigenvalue weighted by Gasteiger charge is 2.25. The lowest BCUT2D eigenvalue weighted by atomic mass is 10.2. The van der Waals surface area contributed by atoms with Crippen LogP contribution in [0, 0.1) is 6.92 Å². The number of aryl methyl sites for hydroxylation is 1. The summed E-state index contributed by atoms with van der Waals surface area (Å²) in [4.78, 5) is 19.3. The van der Waals surface area contributed by atoms with Crippen LogP contribution in [0.2, 0.25) is 0 Å². The molecule has 1 unspecified atom stereocenters. The molecule has 1 aromatic heterocycles. The number of para-hydroxylation sites is 2. The second kappa shape index (κ2) is 8.66. The molecule has 0 fully saturated rings. The van der Waals surface area contributed by atoms with Gasteiger partial charge < -0.3 is 14.4 Å². The second-order valence-electron chi connectivity index (χ2n) is 7.12. The van der Waals surface area contributed by atoms with Crippen LogP contribution in [0.25, 0.3) is 10.6 Å². The van der Waals surface area contributed by atoms with E-state index < -0.39 is 0 Å². The van der Waals surface area contributed by atoms with Crippen molar-refractivity contribution in [3.05, 3.63) is 65.2 Å². The zero-order chi connectivity index (χ0) is 20.2. The summed E-state index contributed by atoms with van der Waals surface area (Å²) in [6.45, 7) is 5.60. The smallest absolute Gasteiger partial charge is 0.228 e. The van der Waals surface area contributed by atoms with Gasteiger partial charge in [0.15, 0.2) is 17.6 Å². The third-order valence-electron chi connectivity index (χ3n) is 4.91. The van der Waals surface area contributed by atoms with Crippen LogP contribution in [0.3, 0.4) is 0 Å². The van der Waals surface area contributed by atoms with Crippen LogP contribution in [-0.2, 0) is 11.2 Å². The molecule has 0 radical (unpaired) electrons. The van der Waals surface area contributed by atoms with Gasteiger partial charge in [-0.3, -0.25) is 4.79 Å². The van der Waals surface area contributed by atoms with Crippen LogP contribution in [0.4, 0.5) is 0 Å². The summed E-state index contributed by atoms with van der Waals surface area (Å²) >= 11 is 1.57. The van der Waals surface area contributed by atoms with Crippen molar-refractivity contribution in [1.29, 1.82) is 0 Å². The quantitative estimate of drug-likeness (QED) is 0.609. The van der Waals surface area contributed by atoms with Gasteiger partial charge in [-0.25, -0.2) is 4.98 Å². The molecule has 0 bridgehead atoms. The standard InChI is InChI=1S/C23H24N2O3S/c1-3-25(13-19-14-27-20-6-4-5-7-21(20)28-19)22(26)12-18-15-29-23(24-18)17-10-8-16(2)9-11-17/h4-11,15,19H,3,12-14H2,1-2H3. The Kier molecular flexibility index (Phi) is 5.81. The molecule has 2 aromatic carbocycles. The largest absolute Gasteiger partial charge is 0.486 e. The van der Waals surface area contributed by atoms with Gasteiger partial charge in [-0.2, -0.15) is 0 Å². The van der Waals surface area contributed by atoms with Crippen LogP contribution in [0.15, 0.2) is 53.9 Å². The fraction of sp³-hybridized carbons (Fsp3) is 0.304. The third kappa shape index (κ3) is 4.59. The normalized spacial score (nSPS) is 15.2. The first-order valence-electron chi connectivity index (χ1n) is 9.80. The highest BCUT2D eigenvalue weighted by molar-refractivity contribution is 7.13. The Hall–Kier alpha value is -2.86. The summed E-state index contributed by atoms with van der Waals surface area (Å²) in [7, 11) is 0. The Morgan fingerprint density at radius 3 is 2.69 bits per heavy atom. The predicted molar refractivity (Wildman–Crippen MR) is 115 cm³/mol. The maximum Gasteiger partial charge on any atom is 0.228 e. The van der Waals surface area contributed by atoms with Gasteiger partial charge in [0.05, 0.1) is 18.7 Å². The van der Waals surface area contributed by atoms with Gasteiger partial charge in [0.25, 0.3) is 0 Å². The molecule has 5 nitrogen and oxygen atoms in total. The van der Waals surface area contributed by atoms with Crippen molar-refractivity contribution >= 4 is 17.2 Å². The van der Waals surface area contributed by atoms with E-state index in [-0.39, 0.29) is 12.0 Å². The maximum absolute atomic E-state index is 12.8. The Bertz CT molecular complexity index is 984. The molecule has 150 valence electrons. The molecule has 1 aliphatic heterocycles. The molecule has 0 aliphatic carbocycles. The number of hydrogen-bond donors (Lipinski definition) is 0. The van der Waals surface area contributed by atoms with Crippen molar-refractivity contribution in [1.82, 2.24) is 9.88 Å². The van der Waals surface area contributed by atoms with Crippen LogP contribution in [0.1, 0.15) is 18.2 Å². The van der Waals surface area contributed by atoms with Crippen LogP contribution < -0.4 is 9.47 Å². The Morgan fingerprint density at radius 1 is 1.17 bits per heavy atom. The minimum Gasteiger partial charge on any atom is -0.486 e. The first kappa shape index (κ1) is 19.5. The summed E-state index contributed by atoms with van der Waals surface area (Å²) < 4.78 is 11.8. The molecular formula is C23H24N2O3S. The number of fused-ring (bicyclic) bond motifs is 1. The Labute approximate surface area is 174 Å². The molecule has 0 saturated heterocycles. The lowest BCUT2D eigenvalue weighted by molar-refractivity contribution is -0.131. The van der Waals surface area contributed by atoms with Crippen molar-refractivity contribution in [3.63, 3.8) is 0 Å². The number of amides is 1. The predicted octanol–water partition coefficient (Wildman–Crippen LogP) is 4.35. The van der Waals surface area contributed by atoms with Crippen LogP contribution in [0.5, 0.6) is 11.5 Å². The number of ether oxygens (including phenoxy) is 2. The van der Waals surface area contributed by atoms with Crippen LogP contribution >= 0.6 is 11.3 Å². The van der Waals surface area contributed by atoms with E-state index in [9.17, 15) is 4.79 Å². The van der Waals surface area contributed by atoms with Gasteiger partial charge in [0.1, 0.15) is 11.6 Å². The molecule has 1 atom stereocenters. The number of likely N-dealkylation sites (N-methyl/N-ethyl adjacent to an activating group) is 1. The van der Waals surface area contributed by atoms with Gasteiger partial charge in [0.2, 0.25) is 5.91 Å². The molecule has 0 spiro atoms. The van der Waals surface area contributed by atoms with Crippen molar-refractivity contribution in [2.24, 2.45) is 0 Å². The van der Waals surface area contributed by atoms with Crippen molar-refractivity contribution in [2.45, 2.75) is 26.4 Å². The highest BCUT2D eigenvalue weighted by Crippen LogP contribution is 2.31. The van der Waals surface area contributed by atoms with E-state index in [2.05, 4.69) is 36.2 Å². The first-order valence-corrected chi connectivity index (χ1v) is 10.7. The monoisotopic (exact) mass is 408 g/mol. The average Bonchev–Trinajstić information content (AvgIpc) is 3.20. The summed E-state index contributed by atoms with van der Waals surface area (Å²) in [5, 5.41) is 2.91. The zero-order valence-corrected chi connectivity index (χ0v) is 17.4. The van der Waals surface area contributed by atoms with Crippen molar-refractivity contribution in [3.8, 4) is 22.1 Å². The molecule has 4 rings (SSSR count). The van der Waals surface area contributed by atoms with Crippen molar-refractivity contribution < 1.29 is 14.3 Å². The zero-order valence-electron chi connectivity index (χ0n) is 16.6. The number of carbonyl (C=O) groups excluding carboxylic acids is 1. The van der Waals surface area contributed by atoms with Crippen LogP contribution in [-0.4, -0.2) is 41.6 Å². The molecule has 1 aliphatic rings. The summed E-state index contributed by atoms with van der Waals surface area (Å²) in [6, 6.07) is 15.9. The van der Waals surface area contributed by atoms with E-state index in [1.54, 1.807) is 11.3 Å². The van der Waals surface area contributed by atoms with Crippen molar-refractivity contribution in [2.75, 3.05) is 19.7 Å². The first-order chi connectivity index (χ1) is 14.1. The number of benzene rings is 2. The molecule has 6 heteroatoms. The topological polar surface area (TPSA) is 51.7 Å². The molecule has 29 heavy (non-hydrogen) atoms. The third-order valence-corrected chi connectivity index (χ3v) is 5.85. The van der Waals surface area contributed by atoms with E-state index in [0.717, 1.165) is 27.8 Å². The van der Waals surface area contributed by atoms with Gasteiger partial charge >= 0.3 is 0 Å². The highest BCUT2D eigenvalue weighted by atomic mass is 32.1. The van der Waals surface area contributed by atoms with Gasteiger partial charge in [0, 0.05) is 17.5 Å². The van der Waals surface area contributed by atoms with Gasteiger partial charge in [-0.1, -0.05) is 42.0 Å². The van der Waals surface area contributed by atoms with E-state index in [1.165, 1.54) is 5.56 Å². The summed E-state index contributed by atoms with van der Waals surface area (Å²) in [5.41, 5.74) is 3.11. The molecular weight excluding hydrogens is 384 g/mol. The lowest BCUT2D eigenvalue weighted by Crippen LogP contribution is -2.44. The SMILES string of the molecule is CCN(CC1COc2ccccc2O1)C(=O)Cc1csc(-c2ccc(C)cc2)n1. The lowest BCUT2D eigenvalue weighted by Gasteiger charge is -2.30. The second-order valence-corrected chi connectivity index (χ2v) is 7.97. The van der Waals surface area contributed by atoms with E-state index >= 15 is 0 Å². The number of nitrogens with zero attached hydrogens (tertiary/aromatic N) is 2. The molecule has 0 saturated carbocycles. The Balaban J connectivity index is 1.38. The Morgan fingerprint density at radius 2 is 1.93 bits per heavy atom. The minimum atomic E-state index is -0.174.